The minimum atomic E-state index is -1.47. The van der Waals surface area contributed by atoms with Crippen LogP contribution in [0.15, 0.2) is 78.9 Å². The van der Waals surface area contributed by atoms with Crippen LogP contribution < -0.4 is 0 Å². The third-order valence-corrected chi connectivity index (χ3v) is 5.31. The Morgan fingerprint density at radius 1 is 0.781 bits per heavy atom. The van der Waals surface area contributed by atoms with Gasteiger partial charge in [0.2, 0.25) is 0 Å². The molecular formula is C26H25NO5. The molecule has 0 spiro atoms. The molecule has 0 fully saturated rings. The van der Waals surface area contributed by atoms with E-state index in [4.69, 9.17) is 10.2 Å². The average Bonchev–Trinajstić information content (AvgIpc) is 2.81. The molecule has 2 N–H and O–H groups in total. The second-order valence-electron chi connectivity index (χ2n) is 7.52. The molecule has 0 aliphatic carbocycles. The van der Waals surface area contributed by atoms with E-state index in [1.807, 2.05) is 73.7 Å². The topological polar surface area (TPSA) is 94.9 Å². The number of carbonyl (C=O) groups excluding carboxylic acids is 1. The Balaban J connectivity index is 1.75. The number of carboxylic acid groups (broad SMARTS) is 2. The summed E-state index contributed by atoms with van der Waals surface area (Å²) in [7, 11) is 0. The molecule has 0 heterocycles. The van der Waals surface area contributed by atoms with Gasteiger partial charge in [0.05, 0.1) is 0 Å². The Hall–Kier alpha value is -3.93. The van der Waals surface area contributed by atoms with Crippen LogP contribution in [-0.2, 0) is 22.6 Å². The molecule has 0 atom stereocenters. The third kappa shape index (κ3) is 5.60. The first-order chi connectivity index (χ1) is 15.4. The Bertz CT molecular complexity index is 1080. The standard InChI is InChI=1S/C26H25NO5/c1-2-27(24(28)21-8-4-3-5-9-21)17-19-7-6-10-22(15-19)20-13-11-18(12-14-20)16-23(25(29)30)26(31)32/h3-15,23H,2,16-17H2,1H3,(H,29,30)(H,31,32). The van der Waals surface area contributed by atoms with Crippen LogP contribution in [0, 0.1) is 5.92 Å². The first-order valence-corrected chi connectivity index (χ1v) is 10.4. The van der Waals surface area contributed by atoms with Gasteiger partial charge in [0.25, 0.3) is 5.91 Å². The van der Waals surface area contributed by atoms with Gasteiger partial charge in [-0.05, 0) is 53.8 Å². The summed E-state index contributed by atoms with van der Waals surface area (Å²) in [4.78, 5) is 36.8. The van der Waals surface area contributed by atoms with Gasteiger partial charge in [0, 0.05) is 18.7 Å². The van der Waals surface area contributed by atoms with Gasteiger partial charge < -0.3 is 15.1 Å². The zero-order chi connectivity index (χ0) is 23.1. The molecule has 0 aromatic heterocycles. The number of rotatable bonds is 9. The van der Waals surface area contributed by atoms with Crippen LogP contribution in [0.2, 0.25) is 0 Å². The zero-order valence-electron chi connectivity index (χ0n) is 17.8. The molecule has 6 heteroatoms. The van der Waals surface area contributed by atoms with E-state index in [9.17, 15) is 14.4 Å². The molecule has 0 aliphatic rings. The molecule has 6 nitrogen and oxygen atoms in total. The lowest BCUT2D eigenvalue weighted by molar-refractivity contribution is -0.154. The van der Waals surface area contributed by atoms with Crippen molar-refractivity contribution in [1.82, 2.24) is 4.90 Å². The van der Waals surface area contributed by atoms with Gasteiger partial charge in [-0.15, -0.1) is 0 Å². The van der Waals surface area contributed by atoms with E-state index in [1.165, 1.54) is 0 Å². The Morgan fingerprint density at radius 2 is 1.44 bits per heavy atom. The summed E-state index contributed by atoms with van der Waals surface area (Å²) in [6, 6.07) is 24.3. The summed E-state index contributed by atoms with van der Waals surface area (Å²) in [5.74, 6) is -4.18. The lowest BCUT2D eigenvalue weighted by Gasteiger charge is -2.21. The van der Waals surface area contributed by atoms with Gasteiger partial charge in [-0.25, -0.2) is 0 Å². The highest BCUT2D eigenvalue weighted by molar-refractivity contribution is 5.94. The van der Waals surface area contributed by atoms with E-state index >= 15 is 0 Å². The fraction of sp³-hybridized carbons (Fsp3) is 0.192. The minimum absolute atomic E-state index is 0.0192. The molecule has 0 saturated carbocycles. The van der Waals surface area contributed by atoms with E-state index < -0.39 is 17.9 Å². The highest BCUT2D eigenvalue weighted by Gasteiger charge is 2.25. The quantitative estimate of drug-likeness (QED) is 0.492. The average molecular weight is 431 g/mol. The number of benzene rings is 3. The van der Waals surface area contributed by atoms with E-state index in [2.05, 4.69) is 0 Å². The van der Waals surface area contributed by atoms with E-state index in [0.29, 0.717) is 24.2 Å². The lowest BCUT2D eigenvalue weighted by atomic mass is 9.96. The first-order valence-electron chi connectivity index (χ1n) is 10.4. The summed E-state index contributed by atoms with van der Waals surface area (Å²) in [5, 5.41) is 18.1. The van der Waals surface area contributed by atoms with Gasteiger partial charge >= 0.3 is 11.9 Å². The number of hydrogen-bond donors (Lipinski definition) is 2. The van der Waals surface area contributed by atoms with Crippen molar-refractivity contribution in [2.45, 2.75) is 19.9 Å². The third-order valence-electron chi connectivity index (χ3n) is 5.31. The maximum Gasteiger partial charge on any atom is 0.318 e. The van der Waals surface area contributed by atoms with Crippen LogP contribution in [-0.4, -0.2) is 39.5 Å². The predicted molar refractivity (Wildman–Crippen MR) is 121 cm³/mol. The minimum Gasteiger partial charge on any atom is -0.481 e. The molecule has 0 unspecified atom stereocenters. The van der Waals surface area contributed by atoms with Crippen molar-refractivity contribution in [1.29, 1.82) is 0 Å². The number of carbonyl (C=O) groups is 3. The zero-order valence-corrected chi connectivity index (χ0v) is 17.8. The Morgan fingerprint density at radius 3 is 2.03 bits per heavy atom. The second kappa shape index (κ2) is 10.4. The molecule has 0 radical (unpaired) electrons. The highest BCUT2D eigenvalue weighted by Crippen LogP contribution is 2.23. The summed E-state index contributed by atoms with van der Waals surface area (Å²) >= 11 is 0. The number of aliphatic carboxylic acids is 2. The van der Waals surface area contributed by atoms with Crippen LogP contribution >= 0.6 is 0 Å². The number of nitrogens with zero attached hydrogens (tertiary/aromatic N) is 1. The van der Waals surface area contributed by atoms with Crippen molar-refractivity contribution >= 4 is 17.8 Å². The van der Waals surface area contributed by atoms with Gasteiger partial charge in [-0.1, -0.05) is 60.7 Å². The van der Waals surface area contributed by atoms with E-state index in [1.54, 1.807) is 17.0 Å². The van der Waals surface area contributed by atoms with Crippen molar-refractivity contribution in [3.05, 3.63) is 95.6 Å². The SMILES string of the molecule is CCN(Cc1cccc(-c2ccc(CC(C(=O)O)C(=O)O)cc2)c1)C(=O)c1ccccc1. The summed E-state index contributed by atoms with van der Waals surface area (Å²) < 4.78 is 0. The lowest BCUT2D eigenvalue weighted by Crippen LogP contribution is -2.30. The Labute approximate surface area is 186 Å². The molecule has 32 heavy (non-hydrogen) atoms. The normalized spacial score (nSPS) is 10.7. The molecule has 1 amide bonds. The number of amides is 1. The predicted octanol–water partition coefficient (Wildman–Crippen LogP) is 4.34. The van der Waals surface area contributed by atoms with Crippen molar-refractivity contribution in [2.75, 3.05) is 6.54 Å². The van der Waals surface area contributed by atoms with Gasteiger partial charge in [-0.3, -0.25) is 14.4 Å². The maximum absolute atomic E-state index is 12.8. The molecular weight excluding hydrogens is 406 g/mol. The second-order valence-corrected chi connectivity index (χ2v) is 7.52. The van der Waals surface area contributed by atoms with Gasteiger partial charge in [-0.2, -0.15) is 0 Å². The van der Waals surface area contributed by atoms with Crippen molar-refractivity contribution in [2.24, 2.45) is 5.92 Å². The molecule has 164 valence electrons. The Kier molecular flexibility index (Phi) is 7.39. The van der Waals surface area contributed by atoms with Gasteiger partial charge in [0.15, 0.2) is 5.92 Å². The maximum atomic E-state index is 12.8. The fourth-order valence-electron chi connectivity index (χ4n) is 3.51. The van der Waals surface area contributed by atoms with Crippen molar-refractivity contribution in [3.8, 4) is 11.1 Å². The van der Waals surface area contributed by atoms with Crippen LogP contribution in [0.5, 0.6) is 0 Å². The highest BCUT2D eigenvalue weighted by atomic mass is 16.4. The summed E-state index contributed by atoms with van der Waals surface area (Å²) in [6.45, 7) is 3.01. The molecule has 3 aromatic carbocycles. The van der Waals surface area contributed by atoms with Crippen molar-refractivity contribution < 1.29 is 24.6 Å². The number of carboxylic acids is 2. The first kappa shape index (κ1) is 22.7. The monoisotopic (exact) mass is 431 g/mol. The fourth-order valence-corrected chi connectivity index (χ4v) is 3.51. The molecule has 0 aliphatic heterocycles. The molecule has 0 saturated heterocycles. The van der Waals surface area contributed by atoms with Crippen LogP contribution in [0.25, 0.3) is 11.1 Å². The van der Waals surface area contributed by atoms with Crippen LogP contribution in [0.3, 0.4) is 0 Å². The molecule has 3 rings (SSSR count). The van der Waals surface area contributed by atoms with Gasteiger partial charge in [0.1, 0.15) is 0 Å². The smallest absolute Gasteiger partial charge is 0.318 e. The number of hydrogen-bond acceptors (Lipinski definition) is 3. The van der Waals surface area contributed by atoms with E-state index in [0.717, 1.165) is 16.7 Å². The largest absolute Gasteiger partial charge is 0.481 e. The van der Waals surface area contributed by atoms with Crippen molar-refractivity contribution in [3.63, 3.8) is 0 Å². The summed E-state index contributed by atoms with van der Waals surface area (Å²) in [6.07, 6.45) is -0.0714. The van der Waals surface area contributed by atoms with Crippen LogP contribution in [0.4, 0.5) is 0 Å². The molecule has 0 bridgehead atoms. The molecule has 3 aromatic rings. The van der Waals surface area contributed by atoms with Crippen LogP contribution in [0.1, 0.15) is 28.4 Å². The van der Waals surface area contributed by atoms with E-state index in [-0.39, 0.29) is 12.3 Å². The summed E-state index contributed by atoms with van der Waals surface area (Å²) in [5.41, 5.74) is 4.18.